The van der Waals surface area contributed by atoms with Crippen LogP contribution < -0.4 is 5.32 Å². The molecule has 1 saturated heterocycles. The second-order valence-corrected chi connectivity index (χ2v) is 6.91. The number of piperidine rings is 1. The molecule has 2 fully saturated rings. The van der Waals surface area contributed by atoms with Crippen molar-refractivity contribution in [1.29, 1.82) is 5.26 Å². The minimum absolute atomic E-state index is 0.0121. The summed E-state index contributed by atoms with van der Waals surface area (Å²) < 4.78 is 0. The maximum Gasteiger partial charge on any atom is 0.241 e. The number of nitrogens with zero attached hydrogens (tertiary/aromatic N) is 2. The molecule has 1 aliphatic carbocycles. The predicted octanol–water partition coefficient (Wildman–Crippen LogP) is 3.40. The van der Waals surface area contributed by atoms with Gasteiger partial charge in [-0.15, -0.1) is 0 Å². The Morgan fingerprint density at radius 2 is 2.00 bits per heavy atom. The number of nitriles is 1. The van der Waals surface area contributed by atoms with E-state index in [0.29, 0.717) is 11.3 Å². The van der Waals surface area contributed by atoms with Gasteiger partial charge in [-0.1, -0.05) is 31.4 Å². The largest absolute Gasteiger partial charge is 0.324 e. The lowest BCUT2D eigenvalue weighted by Crippen LogP contribution is -2.50. The van der Waals surface area contributed by atoms with E-state index in [1.165, 1.54) is 32.1 Å². The minimum atomic E-state index is -0.148. The summed E-state index contributed by atoms with van der Waals surface area (Å²) >= 11 is 0. The number of rotatable bonds is 3. The van der Waals surface area contributed by atoms with Gasteiger partial charge in [-0.3, -0.25) is 9.69 Å². The number of fused-ring (bicyclic) bond motifs is 1. The first kappa shape index (κ1) is 16.0. The third-order valence-electron chi connectivity index (χ3n) is 5.56. The van der Waals surface area contributed by atoms with E-state index in [1.807, 2.05) is 19.1 Å². The molecule has 2 aliphatic rings. The molecule has 1 N–H and O–H groups in total. The first-order valence-electron chi connectivity index (χ1n) is 8.73. The molecule has 1 aromatic carbocycles. The fourth-order valence-corrected chi connectivity index (χ4v) is 4.07. The Balaban J connectivity index is 1.62. The lowest BCUT2D eigenvalue weighted by Gasteiger charge is -2.43. The molecular formula is C19H25N3O. The number of carbonyl (C=O) groups is 1. The van der Waals surface area contributed by atoms with Crippen molar-refractivity contribution in [3.05, 3.63) is 29.8 Å². The number of hydrogen-bond acceptors (Lipinski definition) is 3. The highest BCUT2D eigenvalue weighted by atomic mass is 16.2. The summed E-state index contributed by atoms with van der Waals surface area (Å²) in [6, 6.07) is 9.15. The second kappa shape index (κ2) is 7.14. The van der Waals surface area contributed by atoms with Crippen LogP contribution in [0.2, 0.25) is 0 Å². The molecule has 1 amide bonds. The normalized spacial score (nSPS) is 25.9. The van der Waals surface area contributed by atoms with Crippen molar-refractivity contribution in [3.63, 3.8) is 0 Å². The molecule has 0 spiro atoms. The first-order valence-corrected chi connectivity index (χ1v) is 8.73. The fourth-order valence-electron chi connectivity index (χ4n) is 4.07. The highest BCUT2D eigenvalue weighted by molar-refractivity contribution is 5.95. The SMILES string of the molecule is C[C@@H](C(=O)Nc1ccccc1C#N)N1CC[C@@H]2CCCC[C@@H]2C1. The van der Waals surface area contributed by atoms with E-state index in [0.717, 1.165) is 24.9 Å². The summed E-state index contributed by atoms with van der Waals surface area (Å²) in [6.45, 7) is 4.03. The van der Waals surface area contributed by atoms with Crippen LogP contribution >= 0.6 is 0 Å². The average molecular weight is 311 g/mol. The molecular weight excluding hydrogens is 286 g/mol. The van der Waals surface area contributed by atoms with Gasteiger partial charge < -0.3 is 5.32 Å². The number of carbonyl (C=O) groups excluding carboxylic acids is 1. The van der Waals surface area contributed by atoms with Crippen LogP contribution in [0.5, 0.6) is 0 Å². The molecule has 3 rings (SSSR count). The lowest BCUT2D eigenvalue weighted by atomic mass is 9.75. The van der Waals surface area contributed by atoms with Gasteiger partial charge in [0.1, 0.15) is 6.07 Å². The van der Waals surface area contributed by atoms with Gasteiger partial charge in [0.05, 0.1) is 17.3 Å². The van der Waals surface area contributed by atoms with Crippen molar-refractivity contribution in [2.45, 2.75) is 45.1 Å². The maximum absolute atomic E-state index is 12.6. The smallest absolute Gasteiger partial charge is 0.241 e. The molecule has 122 valence electrons. The van der Waals surface area contributed by atoms with Gasteiger partial charge in [-0.2, -0.15) is 5.26 Å². The monoisotopic (exact) mass is 311 g/mol. The van der Waals surface area contributed by atoms with Crippen LogP contribution in [0.1, 0.15) is 44.6 Å². The van der Waals surface area contributed by atoms with Crippen molar-refractivity contribution in [2.24, 2.45) is 11.8 Å². The number of likely N-dealkylation sites (tertiary alicyclic amines) is 1. The molecule has 0 aromatic heterocycles. The van der Waals surface area contributed by atoms with Gasteiger partial charge in [0, 0.05) is 6.54 Å². The Bertz CT molecular complexity index is 607. The van der Waals surface area contributed by atoms with Gasteiger partial charge in [0.15, 0.2) is 0 Å². The lowest BCUT2D eigenvalue weighted by molar-refractivity contribution is -0.122. The van der Waals surface area contributed by atoms with Crippen molar-refractivity contribution in [3.8, 4) is 6.07 Å². The Labute approximate surface area is 138 Å². The van der Waals surface area contributed by atoms with E-state index in [9.17, 15) is 4.79 Å². The van der Waals surface area contributed by atoms with E-state index in [4.69, 9.17) is 5.26 Å². The van der Waals surface area contributed by atoms with Crippen molar-refractivity contribution in [1.82, 2.24) is 4.90 Å². The summed E-state index contributed by atoms with van der Waals surface area (Å²) in [6.07, 6.45) is 6.62. The Morgan fingerprint density at radius 1 is 1.26 bits per heavy atom. The molecule has 23 heavy (non-hydrogen) atoms. The third-order valence-corrected chi connectivity index (χ3v) is 5.56. The summed E-state index contributed by atoms with van der Waals surface area (Å²) in [5, 5.41) is 12.1. The molecule has 1 heterocycles. The van der Waals surface area contributed by atoms with Crippen LogP contribution in [0.25, 0.3) is 0 Å². The molecule has 0 unspecified atom stereocenters. The molecule has 1 aromatic rings. The van der Waals surface area contributed by atoms with Gasteiger partial charge >= 0.3 is 0 Å². The zero-order valence-corrected chi connectivity index (χ0v) is 13.8. The highest BCUT2D eigenvalue weighted by Gasteiger charge is 2.34. The van der Waals surface area contributed by atoms with E-state index >= 15 is 0 Å². The second-order valence-electron chi connectivity index (χ2n) is 6.91. The van der Waals surface area contributed by atoms with E-state index in [1.54, 1.807) is 12.1 Å². The summed E-state index contributed by atoms with van der Waals surface area (Å²) in [5.41, 5.74) is 1.12. The van der Waals surface area contributed by atoms with Crippen LogP contribution in [0.4, 0.5) is 5.69 Å². The van der Waals surface area contributed by atoms with Crippen molar-refractivity contribution in [2.75, 3.05) is 18.4 Å². The van der Waals surface area contributed by atoms with Crippen molar-refractivity contribution >= 4 is 11.6 Å². The summed E-state index contributed by atoms with van der Waals surface area (Å²) in [5.74, 6) is 1.62. The van der Waals surface area contributed by atoms with Gasteiger partial charge in [0.2, 0.25) is 5.91 Å². The number of benzene rings is 1. The number of para-hydroxylation sites is 1. The average Bonchev–Trinajstić information content (AvgIpc) is 2.61. The molecule has 0 radical (unpaired) electrons. The molecule has 4 heteroatoms. The van der Waals surface area contributed by atoms with Crippen LogP contribution in [0.3, 0.4) is 0 Å². The van der Waals surface area contributed by atoms with Crippen LogP contribution in [-0.4, -0.2) is 29.9 Å². The molecule has 3 atom stereocenters. The number of hydrogen-bond donors (Lipinski definition) is 1. The predicted molar refractivity (Wildman–Crippen MR) is 90.9 cm³/mol. The zero-order valence-electron chi connectivity index (χ0n) is 13.8. The third kappa shape index (κ3) is 3.56. The quantitative estimate of drug-likeness (QED) is 0.931. The Kier molecular flexibility index (Phi) is 4.97. The van der Waals surface area contributed by atoms with E-state index in [2.05, 4.69) is 16.3 Å². The van der Waals surface area contributed by atoms with Crippen molar-refractivity contribution < 1.29 is 4.79 Å². The first-order chi connectivity index (χ1) is 11.2. The topological polar surface area (TPSA) is 56.1 Å². The Hall–Kier alpha value is -1.86. The zero-order chi connectivity index (χ0) is 16.2. The maximum atomic E-state index is 12.6. The number of amides is 1. The standard InChI is InChI=1S/C19H25N3O/c1-14(19(23)21-18-9-5-4-7-16(18)12-20)22-11-10-15-6-2-3-8-17(15)13-22/h4-5,7,9,14-15,17H,2-3,6,8,10-11,13H2,1H3,(H,21,23)/t14-,15-,17+/m0/s1. The highest BCUT2D eigenvalue weighted by Crippen LogP contribution is 2.36. The summed E-state index contributed by atoms with van der Waals surface area (Å²) in [7, 11) is 0. The molecule has 4 nitrogen and oxygen atoms in total. The number of anilines is 1. The van der Waals surface area contributed by atoms with Gasteiger partial charge in [-0.25, -0.2) is 0 Å². The van der Waals surface area contributed by atoms with Crippen LogP contribution in [-0.2, 0) is 4.79 Å². The fraction of sp³-hybridized carbons (Fsp3) is 0.579. The Morgan fingerprint density at radius 3 is 2.78 bits per heavy atom. The van der Waals surface area contributed by atoms with Crippen LogP contribution in [0.15, 0.2) is 24.3 Å². The summed E-state index contributed by atoms with van der Waals surface area (Å²) in [4.78, 5) is 14.9. The minimum Gasteiger partial charge on any atom is -0.324 e. The van der Waals surface area contributed by atoms with E-state index < -0.39 is 0 Å². The van der Waals surface area contributed by atoms with Crippen LogP contribution in [0, 0.1) is 23.2 Å². The number of nitrogens with one attached hydrogen (secondary N) is 1. The molecule has 0 bridgehead atoms. The van der Waals surface area contributed by atoms with Gasteiger partial charge in [-0.05, 0) is 50.3 Å². The molecule has 1 saturated carbocycles. The van der Waals surface area contributed by atoms with E-state index in [-0.39, 0.29) is 11.9 Å². The molecule has 1 aliphatic heterocycles. The van der Waals surface area contributed by atoms with Gasteiger partial charge in [0.25, 0.3) is 0 Å².